The zero-order chi connectivity index (χ0) is 20.0. The summed E-state index contributed by atoms with van der Waals surface area (Å²) in [5.74, 6) is -0.400. The van der Waals surface area contributed by atoms with Crippen molar-refractivity contribution in [2.75, 3.05) is 0 Å². The molecule has 0 spiro atoms. The Kier molecular flexibility index (Phi) is 7.41. The summed E-state index contributed by atoms with van der Waals surface area (Å²) < 4.78 is 5.55. The lowest BCUT2D eigenvalue weighted by Crippen LogP contribution is -2.48. The molecule has 27 heavy (non-hydrogen) atoms. The average Bonchev–Trinajstić information content (AvgIpc) is 2.59. The van der Waals surface area contributed by atoms with E-state index in [4.69, 9.17) is 40.2 Å². The average molecular weight is 426 g/mol. The zero-order valence-electron chi connectivity index (χ0n) is 14.5. The zero-order valence-corrected chi connectivity index (χ0v) is 16.8. The van der Waals surface area contributed by atoms with Gasteiger partial charge in [0.2, 0.25) is 0 Å². The molecule has 6 nitrogen and oxygen atoms in total. The minimum atomic E-state index is -0.527. The quantitative estimate of drug-likeness (QED) is 0.513. The van der Waals surface area contributed by atoms with Gasteiger partial charge in [0.25, 0.3) is 11.8 Å². The Labute approximate surface area is 172 Å². The third-order valence-electron chi connectivity index (χ3n) is 3.16. The van der Waals surface area contributed by atoms with Crippen molar-refractivity contribution in [1.29, 1.82) is 0 Å². The number of hydrazine groups is 1. The van der Waals surface area contributed by atoms with Crippen LogP contribution in [0.2, 0.25) is 10.0 Å². The number of benzene rings is 2. The molecule has 0 aliphatic rings. The summed E-state index contributed by atoms with van der Waals surface area (Å²) >= 11 is 16.8. The fraction of sp³-hybridized carbons (Fsp3) is 0.167. The Morgan fingerprint density at radius 2 is 1.78 bits per heavy atom. The van der Waals surface area contributed by atoms with Crippen LogP contribution in [0.5, 0.6) is 5.75 Å². The number of carbonyl (C=O) groups excluding carboxylic acids is 2. The van der Waals surface area contributed by atoms with Gasteiger partial charge in [-0.3, -0.25) is 25.8 Å². The van der Waals surface area contributed by atoms with E-state index in [9.17, 15) is 9.59 Å². The highest BCUT2D eigenvalue weighted by molar-refractivity contribution is 7.80. The molecule has 3 N–H and O–H groups in total. The molecule has 0 aromatic heterocycles. The van der Waals surface area contributed by atoms with Crippen LogP contribution >= 0.6 is 35.4 Å². The molecule has 0 radical (unpaired) electrons. The number of rotatable bonds is 4. The molecule has 0 saturated heterocycles. The number of halogens is 2. The van der Waals surface area contributed by atoms with Crippen molar-refractivity contribution >= 4 is 52.3 Å². The summed E-state index contributed by atoms with van der Waals surface area (Å²) in [5, 5.41) is 3.00. The normalized spacial score (nSPS) is 10.3. The van der Waals surface area contributed by atoms with Gasteiger partial charge >= 0.3 is 0 Å². The summed E-state index contributed by atoms with van der Waals surface area (Å²) in [7, 11) is 0. The molecule has 0 saturated carbocycles. The predicted octanol–water partition coefficient (Wildman–Crippen LogP) is 3.73. The highest BCUT2D eigenvalue weighted by Gasteiger charge is 2.13. The second kappa shape index (κ2) is 9.55. The summed E-state index contributed by atoms with van der Waals surface area (Å²) in [6.45, 7) is 3.78. The van der Waals surface area contributed by atoms with Crippen LogP contribution in [0.4, 0.5) is 0 Å². The monoisotopic (exact) mass is 425 g/mol. The van der Waals surface area contributed by atoms with Gasteiger partial charge in [-0.25, -0.2) is 0 Å². The van der Waals surface area contributed by atoms with Crippen LogP contribution in [0.3, 0.4) is 0 Å². The van der Waals surface area contributed by atoms with Gasteiger partial charge in [-0.1, -0.05) is 29.3 Å². The Hall–Kier alpha value is -2.35. The fourth-order valence-electron chi connectivity index (χ4n) is 2.04. The third kappa shape index (κ3) is 6.39. The van der Waals surface area contributed by atoms with Crippen molar-refractivity contribution in [2.45, 2.75) is 20.0 Å². The first kappa shape index (κ1) is 21.0. The van der Waals surface area contributed by atoms with Gasteiger partial charge in [-0.2, -0.15) is 0 Å². The van der Waals surface area contributed by atoms with E-state index in [1.807, 2.05) is 13.8 Å². The molecular formula is C18H17Cl2N3O3S. The Morgan fingerprint density at radius 1 is 1.04 bits per heavy atom. The van der Waals surface area contributed by atoms with Crippen molar-refractivity contribution in [3.63, 3.8) is 0 Å². The summed E-state index contributed by atoms with van der Waals surface area (Å²) in [6, 6.07) is 11.1. The largest absolute Gasteiger partial charge is 0.491 e. The first-order chi connectivity index (χ1) is 12.8. The molecule has 142 valence electrons. The van der Waals surface area contributed by atoms with Crippen LogP contribution < -0.4 is 20.9 Å². The number of carbonyl (C=O) groups is 2. The first-order valence-corrected chi connectivity index (χ1v) is 9.06. The van der Waals surface area contributed by atoms with Crippen LogP contribution in [0, 0.1) is 0 Å². The van der Waals surface area contributed by atoms with E-state index < -0.39 is 11.8 Å². The topological polar surface area (TPSA) is 79.5 Å². The van der Waals surface area contributed by atoms with Crippen LogP contribution in [0.25, 0.3) is 0 Å². The van der Waals surface area contributed by atoms with Crippen LogP contribution in [0.1, 0.15) is 34.6 Å². The Balaban J connectivity index is 1.91. The molecule has 2 aromatic carbocycles. The lowest BCUT2D eigenvalue weighted by atomic mass is 10.2. The van der Waals surface area contributed by atoms with E-state index in [0.29, 0.717) is 16.3 Å². The van der Waals surface area contributed by atoms with E-state index in [1.165, 1.54) is 18.2 Å². The molecule has 0 bridgehead atoms. The third-order valence-corrected chi connectivity index (χ3v) is 3.91. The number of thiocarbonyl (C=S) groups is 1. The van der Waals surface area contributed by atoms with E-state index in [-0.39, 0.29) is 21.8 Å². The van der Waals surface area contributed by atoms with Crippen molar-refractivity contribution < 1.29 is 14.3 Å². The second-order valence-corrected chi connectivity index (χ2v) is 6.93. The molecule has 0 aliphatic carbocycles. The van der Waals surface area contributed by atoms with E-state index in [2.05, 4.69) is 16.2 Å². The van der Waals surface area contributed by atoms with E-state index >= 15 is 0 Å². The molecule has 0 atom stereocenters. The molecule has 9 heteroatoms. The predicted molar refractivity (Wildman–Crippen MR) is 109 cm³/mol. The minimum absolute atomic E-state index is 0.0130. The maximum absolute atomic E-state index is 12.3. The van der Waals surface area contributed by atoms with Crippen LogP contribution in [-0.2, 0) is 0 Å². The van der Waals surface area contributed by atoms with Gasteiger partial charge in [0.05, 0.1) is 16.7 Å². The number of hydrogen-bond acceptors (Lipinski definition) is 4. The van der Waals surface area contributed by atoms with Gasteiger partial charge in [-0.15, -0.1) is 0 Å². The molecule has 2 aromatic rings. The van der Waals surface area contributed by atoms with Gasteiger partial charge in [0, 0.05) is 10.6 Å². The van der Waals surface area contributed by atoms with Crippen molar-refractivity contribution in [2.24, 2.45) is 0 Å². The summed E-state index contributed by atoms with van der Waals surface area (Å²) in [6.07, 6.45) is -0.0130. The van der Waals surface area contributed by atoms with Crippen molar-refractivity contribution in [3.05, 3.63) is 63.6 Å². The molecule has 0 heterocycles. The summed E-state index contributed by atoms with van der Waals surface area (Å²) in [4.78, 5) is 24.4. The van der Waals surface area contributed by atoms with Crippen molar-refractivity contribution in [3.8, 4) is 5.75 Å². The molecule has 2 amide bonds. The molecule has 0 fully saturated rings. The van der Waals surface area contributed by atoms with Crippen LogP contribution in [-0.4, -0.2) is 23.0 Å². The number of amides is 2. The lowest BCUT2D eigenvalue weighted by molar-refractivity contribution is 0.0934. The highest BCUT2D eigenvalue weighted by atomic mass is 35.5. The molecule has 0 aliphatic heterocycles. The molecule has 2 rings (SSSR count). The van der Waals surface area contributed by atoms with Gasteiger partial charge in [0.1, 0.15) is 5.75 Å². The lowest BCUT2D eigenvalue weighted by Gasteiger charge is -2.13. The van der Waals surface area contributed by atoms with Gasteiger partial charge < -0.3 is 4.74 Å². The minimum Gasteiger partial charge on any atom is -0.491 e. The maximum Gasteiger partial charge on any atom is 0.271 e. The molecular weight excluding hydrogens is 409 g/mol. The van der Waals surface area contributed by atoms with Gasteiger partial charge in [0.15, 0.2) is 5.11 Å². The highest BCUT2D eigenvalue weighted by Crippen LogP contribution is 2.20. The van der Waals surface area contributed by atoms with Crippen LogP contribution in [0.15, 0.2) is 42.5 Å². The second-order valence-electron chi connectivity index (χ2n) is 5.68. The van der Waals surface area contributed by atoms with E-state index in [0.717, 1.165) is 0 Å². The van der Waals surface area contributed by atoms with Crippen molar-refractivity contribution in [1.82, 2.24) is 16.2 Å². The first-order valence-electron chi connectivity index (χ1n) is 7.89. The smallest absolute Gasteiger partial charge is 0.271 e. The SMILES string of the molecule is CC(C)Oc1cccc(C(=O)NC(=S)NNC(=O)c2ccc(Cl)cc2Cl)c1. The number of ether oxygens (including phenoxy) is 1. The Bertz CT molecular complexity index is 875. The number of nitrogens with one attached hydrogen (secondary N) is 3. The Morgan fingerprint density at radius 3 is 2.44 bits per heavy atom. The molecule has 0 unspecified atom stereocenters. The standard InChI is InChI=1S/C18H17Cl2N3O3S/c1-10(2)26-13-5-3-4-11(8-13)16(24)21-18(27)23-22-17(25)14-7-6-12(19)9-15(14)20/h3-10H,1-2H3,(H,22,25)(H2,21,23,24,27). The van der Waals surface area contributed by atoms with Gasteiger partial charge in [-0.05, 0) is 62.5 Å². The van der Waals surface area contributed by atoms with E-state index in [1.54, 1.807) is 24.3 Å². The maximum atomic E-state index is 12.3. The fourth-order valence-corrected chi connectivity index (χ4v) is 2.68. The summed E-state index contributed by atoms with van der Waals surface area (Å²) in [5.41, 5.74) is 5.38. The number of hydrogen-bond donors (Lipinski definition) is 3.